The molecule has 2 heterocycles. The summed E-state index contributed by atoms with van der Waals surface area (Å²) < 4.78 is 11.1. The average molecular weight is 452 g/mol. The van der Waals surface area contributed by atoms with Gasteiger partial charge in [-0.25, -0.2) is 4.79 Å². The van der Waals surface area contributed by atoms with Gasteiger partial charge in [0.2, 0.25) is 0 Å². The molecule has 2 aromatic carbocycles. The molecule has 32 heavy (non-hydrogen) atoms. The van der Waals surface area contributed by atoms with Crippen LogP contribution in [0.3, 0.4) is 0 Å². The summed E-state index contributed by atoms with van der Waals surface area (Å²) in [5, 5.41) is 10.0. The Hall–Kier alpha value is -3.91. The van der Waals surface area contributed by atoms with E-state index in [2.05, 4.69) is 4.99 Å². The zero-order valence-electron chi connectivity index (χ0n) is 17.2. The summed E-state index contributed by atoms with van der Waals surface area (Å²) in [4.78, 5) is 34.3. The Bertz CT molecular complexity index is 1210. The highest BCUT2D eigenvalue weighted by Gasteiger charge is 2.34. The molecule has 1 amide bonds. The van der Waals surface area contributed by atoms with E-state index in [-0.39, 0.29) is 23.0 Å². The van der Waals surface area contributed by atoms with Gasteiger partial charge in [-0.1, -0.05) is 17.7 Å². The molecule has 0 atom stereocenters. The van der Waals surface area contributed by atoms with Gasteiger partial charge in [-0.3, -0.25) is 10.2 Å². The number of rotatable bonds is 5. The zero-order chi connectivity index (χ0) is 22.8. The van der Waals surface area contributed by atoms with Crippen molar-refractivity contribution >= 4 is 41.2 Å². The van der Waals surface area contributed by atoms with Crippen molar-refractivity contribution in [3.05, 3.63) is 76.0 Å². The number of allylic oxidation sites excluding steroid dienone is 1. The van der Waals surface area contributed by atoms with Gasteiger partial charge in [0.05, 0.1) is 17.7 Å². The second-order valence-electron chi connectivity index (χ2n) is 6.86. The zero-order valence-corrected chi connectivity index (χ0v) is 18.0. The number of esters is 1. The van der Waals surface area contributed by atoms with Crippen molar-refractivity contribution in [3.63, 3.8) is 0 Å². The summed E-state index contributed by atoms with van der Waals surface area (Å²) in [6.07, 6.45) is 3.09. The van der Waals surface area contributed by atoms with E-state index >= 15 is 0 Å². The number of hydroxylamine groups is 2. The van der Waals surface area contributed by atoms with Crippen molar-refractivity contribution in [3.8, 4) is 11.5 Å². The molecule has 0 saturated carbocycles. The van der Waals surface area contributed by atoms with Crippen LogP contribution in [0.2, 0.25) is 5.02 Å². The highest BCUT2D eigenvalue weighted by atomic mass is 35.5. The Morgan fingerprint density at radius 2 is 1.97 bits per heavy atom. The van der Waals surface area contributed by atoms with Crippen molar-refractivity contribution in [2.45, 2.75) is 13.8 Å². The maximum absolute atomic E-state index is 12.5. The summed E-state index contributed by atoms with van der Waals surface area (Å²) >= 11 is 5.86. The van der Waals surface area contributed by atoms with Crippen molar-refractivity contribution in [1.82, 2.24) is 5.06 Å². The van der Waals surface area contributed by atoms with Crippen molar-refractivity contribution < 1.29 is 23.9 Å². The molecule has 0 fully saturated rings. The fourth-order valence-corrected chi connectivity index (χ4v) is 3.20. The molecule has 8 nitrogen and oxygen atoms in total. The third-order valence-corrected chi connectivity index (χ3v) is 4.79. The van der Waals surface area contributed by atoms with E-state index in [1.807, 2.05) is 0 Å². The molecule has 0 aromatic heterocycles. The Balaban J connectivity index is 1.60. The maximum atomic E-state index is 12.5. The van der Waals surface area contributed by atoms with Crippen LogP contribution in [-0.4, -0.2) is 35.2 Å². The van der Waals surface area contributed by atoms with Crippen LogP contribution in [0.5, 0.6) is 11.5 Å². The quantitative estimate of drug-likeness (QED) is 0.410. The molecule has 1 N–H and O–H groups in total. The van der Waals surface area contributed by atoms with Crippen molar-refractivity contribution in [1.29, 1.82) is 5.41 Å². The van der Waals surface area contributed by atoms with E-state index < -0.39 is 11.9 Å². The summed E-state index contributed by atoms with van der Waals surface area (Å²) in [7, 11) is 0. The van der Waals surface area contributed by atoms with Crippen LogP contribution < -0.4 is 9.47 Å². The van der Waals surface area contributed by atoms with Gasteiger partial charge in [0.15, 0.2) is 23.2 Å². The van der Waals surface area contributed by atoms with Crippen LogP contribution >= 0.6 is 11.6 Å². The number of nitrogens with one attached hydrogen (secondary N) is 1. The molecular formula is C23H18ClN3O5. The molecule has 0 spiro atoms. The predicted molar refractivity (Wildman–Crippen MR) is 119 cm³/mol. The third-order valence-electron chi connectivity index (χ3n) is 4.54. The Morgan fingerprint density at radius 1 is 1.22 bits per heavy atom. The lowest BCUT2D eigenvalue weighted by molar-refractivity contribution is -0.114. The number of carbonyl (C=O) groups excluding carboxylic acids is 2. The number of nitrogens with zero attached hydrogens (tertiary/aromatic N) is 2. The second-order valence-corrected chi connectivity index (χ2v) is 7.29. The number of aliphatic imine (C=N–C) groups is 1. The van der Waals surface area contributed by atoms with Gasteiger partial charge in [0, 0.05) is 11.1 Å². The van der Waals surface area contributed by atoms with E-state index in [0.717, 1.165) is 0 Å². The largest absolute Gasteiger partial charge is 0.490 e. The first-order valence-electron chi connectivity index (χ1n) is 9.70. The second kappa shape index (κ2) is 8.68. The first-order chi connectivity index (χ1) is 15.4. The van der Waals surface area contributed by atoms with Crippen LogP contribution in [0.25, 0.3) is 6.08 Å². The minimum absolute atomic E-state index is 0.0604. The Labute approximate surface area is 188 Å². The lowest BCUT2D eigenvalue weighted by Gasteiger charge is -2.23. The van der Waals surface area contributed by atoms with Gasteiger partial charge in [0.1, 0.15) is 5.76 Å². The van der Waals surface area contributed by atoms with Crippen LogP contribution in [-0.2, 0) is 9.63 Å². The topological polar surface area (TPSA) is 101 Å². The Kier molecular flexibility index (Phi) is 5.79. The number of amides is 1. The minimum atomic E-state index is -0.561. The Morgan fingerprint density at radius 3 is 2.69 bits per heavy atom. The number of halogens is 1. The fraction of sp³-hybridized carbons (Fsp3) is 0.130. The first kappa shape index (κ1) is 21.3. The molecule has 0 unspecified atom stereocenters. The number of hydrogen-bond donors (Lipinski definition) is 1. The molecule has 2 aromatic rings. The van der Waals surface area contributed by atoms with Crippen LogP contribution in [0.15, 0.2) is 64.9 Å². The van der Waals surface area contributed by atoms with E-state index in [1.165, 1.54) is 11.1 Å². The molecule has 0 aliphatic carbocycles. The normalized spacial score (nSPS) is 16.3. The highest BCUT2D eigenvalue weighted by molar-refractivity contribution is 6.32. The van der Waals surface area contributed by atoms with Gasteiger partial charge in [-0.2, -0.15) is 4.99 Å². The number of hydrogen-bond acceptors (Lipinski definition) is 6. The molecule has 2 aliphatic rings. The number of fused-ring (bicyclic) bond motifs is 1. The molecule has 2 aliphatic heterocycles. The number of amidine groups is 2. The molecule has 0 radical (unpaired) electrons. The predicted octanol–water partition coefficient (Wildman–Crippen LogP) is 4.41. The van der Waals surface area contributed by atoms with Crippen LogP contribution in [0.1, 0.15) is 29.8 Å². The highest BCUT2D eigenvalue weighted by Crippen LogP contribution is 2.31. The van der Waals surface area contributed by atoms with Gasteiger partial charge in [-0.05, 0) is 61.9 Å². The molecule has 0 saturated heterocycles. The number of ether oxygens (including phenoxy) is 2. The smallest absolute Gasteiger partial charge is 0.343 e. The first-order valence-corrected chi connectivity index (χ1v) is 10.1. The SMILES string of the molecule is CCOc1cc(/C=C2\C(=N)N3OC(C)=CC3=NC2=O)ccc1OC(=O)c1ccc(Cl)cc1. The minimum Gasteiger partial charge on any atom is -0.490 e. The van der Waals surface area contributed by atoms with Gasteiger partial charge in [0.25, 0.3) is 5.91 Å². The van der Waals surface area contributed by atoms with E-state index in [9.17, 15) is 9.59 Å². The molecule has 0 bridgehead atoms. The van der Waals surface area contributed by atoms with Crippen molar-refractivity contribution in [2.24, 2.45) is 4.99 Å². The number of carbonyl (C=O) groups is 2. The third kappa shape index (κ3) is 4.26. The summed E-state index contributed by atoms with van der Waals surface area (Å²) in [5.74, 6) is 0.118. The monoisotopic (exact) mass is 451 g/mol. The van der Waals surface area contributed by atoms with Crippen molar-refractivity contribution in [2.75, 3.05) is 6.61 Å². The van der Waals surface area contributed by atoms with Crippen LogP contribution in [0.4, 0.5) is 0 Å². The van der Waals surface area contributed by atoms with Gasteiger partial charge < -0.3 is 14.3 Å². The average Bonchev–Trinajstić information content (AvgIpc) is 3.13. The molecular weight excluding hydrogens is 434 g/mol. The van der Waals surface area contributed by atoms with Crippen LogP contribution in [0, 0.1) is 5.41 Å². The lowest BCUT2D eigenvalue weighted by atomic mass is 10.1. The molecule has 4 rings (SSSR count). The summed E-state index contributed by atoms with van der Waals surface area (Å²) in [6, 6.07) is 11.2. The summed E-state index contributed by atoms with van der Waals surface area (Å²) in [5.41, 5.74) is 0.966. The van der Waals surface area contributed by atoms with Gasteiger partial charge >= 0.3 is 5.97 Å². The summed E-state index contributed by atoms with van der Waals surface area (Å²) in [6.45, 7) is 3.84. The van der Waals surface area contributed by atoms with E-state index in [4.69, 9.17) is 31.3 Å². The lowest BCUT2D eigenvalue weighted by Crippen LogP contribution is -2.38. The molecule has 9 heteroatoms. The van der Waals surface area contributed by atoms with E-state index in [1.54, 1.807) is 62.4 Å². The maximum Gasteiger partial charge on any atom is 0.343 e. The van der Waals surface area contributed by atoms with Gasteiger partial charge in [-0.15, -0.1) is 5.06 Å². The fourth-order valence-electron chi connectivity index (χ4n) is 3.08. The molecule has 162 valence electrons. The van der Waals surface area contributed by atoms with E-state index in [0.29, 0.717) is 34.3 Å². The standard InChI is InChI=1S/C23H18ClN3O5/c1-3-30-19-12-14(4-9-18(19)31-23(29)15-5-7-16(24)8-6-15)11-17-21(25)27-20(26-22(17)28)10-13(2)32-27/h4-12,25H,3H2,1-2H3/b17-11+,25-21?. The number of benzene rings is 2.